The minimum Gasteiger partial charge on any atom is -0.466 e. The van der Waals surface area contributed by atoms with E-state index in [4.69, 9.17) is 4.74 Å². The van der Waals surface area contributed by atoms with Crippen molar-refractivity contribution < 1.29 is 24.5 Å². The molecule has 0 rings (SSSR count). The summed E-state index contributed by atoms with van der Waals surface area (Å²) in [7, 11) is 0. The summed E-state index contributed by atoms with van der Waals surface area (Å²) in [5.41, 5.74) is 0. The van der Waals surface area contributed by atoms with Gasteiger partial charge in [0.25, 0.3) is 0 Å². The molecule has 0 aliphatic carbocycles. The van der Waals surface area contributed by atoms with Gasteiger partial charge in [0.1, 0.15) is 0 Å². The first-order valence-electron chi connectivity index (χ1n) is 31.1. The first kappa shape index (κ1) is 67.3. The van der Waals surface area contributed by atoms with E-state index < -0.39 is 12.1 Å². The van der Waals surface area contributed by atoms with E-state index in [2.05, 4.69) is 43.5 Å². The van der Waals surface area contributed by atoms with Crippen LogP contribution in [0, 0.1) is 0 Å². The predicted octanol–water partition coefficient (Wildman–Crippen LogP) is 19.4. The smallest absolute Gasteiger partial charge is 0.305 e. The van der Waals surface area contributed by atoms with Crippen LogP contribution in [0.15, 0.2) is 24.3 Å². The average molecular weight is 973 g/mol. The largest absolute Gasteiger partial charge is 0.466 e. The molecule has 408 valence electrons. The highest BCUT2D eigenvalue weighted by molar-refractivity contribution is 5.76. The van der Waals surface area contributed by atoms with Gasteiger partial charge in [-0.3, -0.25) is 9.59 Å². The third kappa shape index (κ3) is 55.5. The van der Waals surface area contributed by atoms with Crippen molar-refractivity contribution in [2.45, 2.75) is 353 Å². The molecular formula is C63H121NO5. The monoisotopic (exact) mass is 972 g/mol. The van der Waals surface area contributed by atoms with Crippen LogP contribution in [0.4, 0.5) is 0 Å². The van der Waals surface area contributed by atoms with Gasteiger partial charge in [0.15, 0.2) is 0 Å². The lowest BCUT2D eigenvalue weighted by Gasteiger charge is -2.22. The predicted molar refractivity (Wildman–Crippen MR) is 301 cm³/mol. The van der Waals surface area contributed by atoms with Gasteiger partial charge in [-0.2, -0.15) is 0 Å². The highest BCUT2D eigenvalue weighted by atomic mass is 16.5. The van der Waals surface area contributed by atoms with Gasteiger partial charge in [-0.25, -0.2) is 0 Å². The van der Waals surface area contributed by atoms with Crippen LogP contribution in [-0.2, 0) is 14.3 Å². The quantitative estimate of drug-likeness (QED) is 0.0321. The van der Waals surface area contributed by atoms with Crippen LogP contribution in [0.25, 0.3) is 0 Å². The van der Waals surface area contributed by atoms with Crippen LogP contribution in [-0.4, -0.2) is 47.4 Å². The maximum Gasteiger partial charge on any atom is 0.305 e. The second kappa shape index (κ2) is 58.9. The van der Waals surface area contributed by atoms with Gasteiger partial charge >= 0.3 is 5.97 Å². The molecule has 0 aliphatic heterocycles. The van der Waals surface area contributed by atoms with Crippen molar-refractivity contribution >= 4 is 11.9 Å². The molecule has 0 saturated carbocycles. The fourth-order valence-corrected chi connectivity index (χ4v) is 9.69. The summed E-state index contributed by atoms with van der Waals surface area (Å²) in [5, 5.41) is 23.3. The summed E-state index contributed by atoms with van der Waals surface area (Å²) in [4.78, 5) is 24.6. The number of aliphatic hydroxyl groups excluding tert-OH is 2. The lowest BCUT2D eigenvalue weighted by atomic mass is 10.0. The van der Waals surface area contributed by atoms with E-state index in [1.54, 1.807) is 0 Å². The second-order valence-electron chi connectivity index (χ2n) is 21.4. The van der Waals surface area contributed by atoms with E-state index in [1.807, 2.05) is 0 Å². The van der Waals surface area contributed by atoms with Crippen LogP contribution in [0.3, 0.4) is 0 Å². The Morgan fingerprint density at radius 1 is 0.391 bits per heavy atom. The molecule has 0 spiro atoms. The Bertz CT molecular complexity index is 1080. The Hall–Kier alpha value is -1.66. The first-order chi connectivity index (χ1) is 34.0. The number of hydrogen-bond acceptors (Lipinski definition) is 5. The molecule has 2 unspecified atom stereocenters. The lowest BCUT2D eigenvalue weighted by Crippen LogP contribution is -2.45. The first-order valence-corrected chi connectivity index (χ1v) is 31.1. The van der Waals surface area contributed by atoms with Crippen molar-refractivity contribution in [3.05, 3.63) is 24.3 Å². The van der Waals surface area contributed by atoms with Crippen LogP contribution in [0.2, 0.25) is 0 Å². The molecule has 0 heterocycles. The summed E-state index contributed by atoms with van der Waals surface area (Å²) in [5.74, 6) is -0.0529. The zero-order valence-electron chi connectivity index (χ0n) is 46.6. The zero-order chi connectivity index (χ0) is 50.0. The fourth-order valence-electron chi connectivity index (χ4n) is 9.69. The molecule has 0 fully saturated rings. The summed E-state index contributed by atoms with van der Waals surface area (Å²) < 4.78 is 5.47. The third-order valence-electron chi connectivity index (χ3n) is 14.5. The van der Waals surface area contributed by atoms with Gasteiger partial charge in [-0.05, 0) is 77.0 Å². The number of esters is 1. The molecule has 0 aromatic carbocycles. The average Bonchev–Trinajstić information content (AvgIpc) is 3.35. The number of rotatable bonds is 58. The molecule has 3 N–H and O–H groups in total. The summed E-state index contributed by atoms with van der Waals surface area (Å²) in [6.07, 6.45) is 71.8. The Labute approximate surface area is 431 Å². The topological polar surface area (TPSA) is 95.9 Å². The van der Waals surface area contributed by atoms with Gasteiger partial charge < -0.3 is 20.3 Å². The van der Waals surface area contributed by atoms with Gasteiger partial charge in [0.2, 0.25) is 5.91 Å². The Kier molecular flexibility index (Phi) is 57.5. The molecule has 6 nitrogen and oxygen atoms in total. The third-order valence-corrected chi connectivity index (χ3v) is 14.5. The van der Waals surface area contributed by atoms with E-state index in [9.17, 15) is 19.8 Å². The SMILES string of the molecule is CCCCCCCCC/C=C\CCCCCCCC(=O)OCCCCCCCC/C=C\CCCCCCCCCC(=O)NC(CO)C(O)CCCCCCCCCCCCCCCCCCCCC. The molecule has 6 heteroatoms. The summed E-state index contributed by atoms with van der Waals surface area (Å²) in [6, 6.07) is -0.551. The van der Waals surface area contributed by atoms with E-state index in [0.717, 1.165) is 57.8 Å². The number of allylic oxidation sites excluding steroid dienone is 4. The van der Waals surface area contributed by atoms with Crippen molar-refractivity contribution in [3.8, 4) is 0 Å². The molecule has 0 saturated heterocycles. The normalized spacial score (nSPS) is 12.7. The van der Waals surface area contributed by atoms with Crippen LogP contribution in [0.5, 0.6) is 0 Å². The maximum atomic E-state index is 12.5. The molecule has 1 amide bonds. The minimum atomic E-state index is -0.673. The Morgan fingerprint density at radius 3 is 1.03 bits per heavy atom. The number of amides is 1. The van der Waals surface area contributed by atoms with Crippen molar-refractivity contribution in [2.24, 2.45) is 0 Å². The maximum absolute atomic E-state index is 12.5. The van der Waals surface area contributed by atoms with E-state index in [-0.39, 0.29) is 18.5 Å². The number of nitrogens with one attached hydrogen (secondary N) is 1. The molecule has 0 bridgehead atoms. The van der Waals surface area contributed by atoms with Crippen LogP contribution >= 0.6 is 0 Å². The van der Waals surface area contributed by atoms with E-state index in [0.29, 0.717) is 25.9 Å². The Morgan fingerprint density at radius 2 is 0.681 bits per heavy atom. The lowest BCUT2D eigenvalue weighted by molar-refractivity contribution is -0.143. The van der Waals surface area contributed by atoms with Crippen LogP contribution < -0.4 is 5.32 Å². The van der Waals surface area contributed by atoms with Crippen molar-refractivity contribution in [1.29, 1.82) is 0 Å². The minimum absolute atomic E-state index is 0.00853. The molecule has 69 heavy (non-hydrogen) atoms. The number of carbonyl (C=O) groups is 2. The number of hydrogen-bond donors (Lipinski definition) is 3. The molecule has 0 aromatic rings. The number of ether oxygens (including phenoxy) is 1. The number of aliphatic hydroxyl groups is 2. The van der Waals surface area contributed by atoms with Gasteiger partial charge in [0.05, 0.1) is 25.4 Å². The van der Waals surface area contributed by atoms with Gasteiger partial charge in [0, 0.05) is 12.8 Å². The number of unbranched alkanes of at least 4 members (excludes halogenated alkanes) is 43. The van der Waals surface area contributed by atoms with E-state index in [1.165, 1.54) is 250 Å². The van der Waals surface area contributed by atoms with Crippen LogP contribution in [0.1, 0.15) is 341 Å². The number of carbonyl (C=O) groups excluding carboxylic acids is 2. The van der Waals surface area contributed by atoms with E-state index >= 15 is 0 Å². The molecule has 0 aliphatic rings. The molecule has 0 radical (unpaired) electrons. The van der Waals surface area contributed by atoms with Gasteiger partial charge in [-0.1, -0.05) is 276 Å². The fraction of sp³-hybridized carbons (Fsp3) is 0.905. The highest BCUT2D eigenvalue weighted by Gasteiger charge is 2.20. The standard InChI is InChI=1S/C63H121NO5/c1-3-5-7-9-11-13-15-17-19-21-22-24-27-31-35-39-43-47-51-55-61(66)60(59-65)64-62(67)56-52-48-44-40-36-32-28-25-23-26-30-34-38-42-46-50-54-58-69-63(68)57-53-49-45-41-37-33-29-20-18-16-14-12-10-8-6-4-2/h20,23,26,29,60-61,65-66H,3-19,21-22,24-25,27-28,30-59H2,1-2H3,(H,64,67)/b26-23-,29-20-. The van der Waals surface area contributed by atoms with Crippen molar-refractivity contribution in [1.82, 2.24) is 5.32 Å². The molecule has 2 atom stereocenters. The summed E-state index contributed by atoms with van der Waals surface area (Å²) in [6.45, 7) is 4.95. The second-order valence-corrected chi connectivity index (χ2v) is 21.4. The van der Waals surface area contributed by atoms with Crippen molar-refractivity contribution in [2.75, 3.05) is 13.2 Å². The highest BCUT2D eigenvalue weighted by Crippen LogP contribution is 2.17. The molecule has 0 aromatic heterocycles. The van der Waals surface area contributed by atoms with Gasteiger partial charge in [-0.15, -0.1) is 0 Å². The summed E-state index contributed by atoms with van der Waals surface area (Å²) >= 11 is 0. The Balaban J connectivity index is 3.45. The van der Waals surface area contributed by atoms with Crippen molar-refractivity contribution in [3.63, 3.8) is 0 Å². The molecular weight excluding hydrogens is 851 g/mol. The zero-order valence-corrected chi connectivity index (χ0v) is 46.6.